The monoisotopic (exact) mass is 654 g/mol. The van der Waals surface area contributed by atoms with E-state index in [1.54, 1.807) is 0 Å². The van der Waals surface area contributed by atoms with E-state index in [9.17, 15) is 10.0 Å². The maximum atomic E-state index is 9.92. The van der Waals surface area contributed by atoms with E-state index < -0.39 is 7.12 Å². The molecular formula is C34H38B16O2. The first-order valence-corrected chi connectivity index (χ1v) is 18.8. The summed E-state index contributed by atoms with van der Waals surface area (Å²) in [5.74, 6) is 0. The zero-order valence-electron chi connectivity index (χ0n) is 33.9. The summed E-state index contributed by atoms with van der Waals surface area (Å²) in [6, 6.07) is 12.4. The highest BCUT2D eigenvalue weighted by atomic mass is 16.4. The van der Waals surface area contributed by atoms with Crippen molar-refractivity contribution in [3.63, 3.8) is 0 Å². The van der Waals surface area contributed by atoms with Crippen molar-refractivity contribution >= 4 is 255 Å². The fourth-order valence-electron chi connectivity index (χ4n) is 9.49. The molecule has 2 nitrogen and oxygen atoms in total. The van der Waals surface area contributed by atoms with E-state index in [1.165, 1.54) is 137 Å². The van der Waals surface area contributed by atoms with Crippen molar-refractivity contribution in [2.45, 2.75) is 0 Å². The third-order valence-electron chi connectivity index (χ3n) is 13.9. The molecule has 0 fully saturated rings. The van der Waals surface area contributed by atoms with Crippen LogP contribution in [0.4, 0.5) is 0 Å². The molecule has 2 N–H and O–H groups in total. The van der Waals surface area contributed by atoms with Crippen LogP contribution in [-0.4, -0.2) is 135 Å². The predicted octanol–water partition coefficient (Wildman–Crippen LogP) is -18.8. The molecule has 0 radical (unpaired) electrons. The number of hydrogen-bond acceptors (Lipinski definition) is 2. The molecule has 0 saturated carbocycles. The topological polar surface area (TPSA) is 40.5 Å². The highest BCUT2D eigenvalue weighted by Gasteiger charge is 2.28. The number of rotatable bonds is 3. The molecule has 18 heteroatoms. The van der Waals surface area contributed by atoms with Gasteiger partial charge >= 0.3 is 7.12 Å². The number of benzene rings is 7. The first-order chi connectivity index (χ1) is 24.4. The minimum atomic E-state index is -1.50. The quantitative estimate of drug-likeness (QED) is 0.147. The smallest absolute Gasteiger partial charge is 0.423 e. The molecule has 0 spiro atoms. The molecule has 0 atom stereocenters. The van der Waals surface area contributed by atoms with Crippen LogP contribution in [0.3, 0.4) is 0 Å². The summed E-state index contributed by atoms with van der Waals surface area (Å²) in [5, 5.41) is 30.1. The third kappa shape index (κ3) is 5.03. The van der Waals surface area contributed by atoms with Gasteiger partial charge in [0.25, 0.3) is 0 Å². The summed E-state index contributed by atoms with van der Waals surface area (Å²) >= 11 is 0. The summed E-state index contributed by atoms with van der Waals surface area (Å²) in [7, 11) is 33.3. The Morgan fingerprint density at radius 2 is 0.635 bits per heavy atom. The highest BCUT2D eigenvalue weighted by Crippen LogP contribution is 2.41. The van der Waals surface area contributed by atoms with E-state index >= 15 is 0 Å². The van der Waals surface area contributed by atoms with E-state index in [0.29, 0.717) is 5.46 Å². The summed E-state index contributed by atoms with van der Waals surface area (Å²) in [4.78, 5) is 0. The van der Waals surface area contributed by atoms with Crippen molar-refractivity contribution in [3.8, 4) is 22.3 Å². The Morgan fingerprint density at radius 3 is 1.06 bits per heavy atom. The molecule has 7 aromatic rings. The molecular weight excluding hydrogens is 613 g/mol. The summed E-state index contributed by atoms with van der Waals surface area (Å²) in [6.07, 6.45) is 0. The van der Waals surface area contributed by atoms with Crippen LogP contribution in [0.2, 0.25) is 0 Å². The molecule has 7 rings (SSSR count). The van der Waals surface area contributed by atoms with Gasteiger partial charge in [-0.1, -0.05) is 74.0 Å². The molecule has 7 aromatic carbocycles. The molecule has 0 saturated heterocycles. The fourth-order valence-corrected chi connectivity index (χ4v) is 9.49. The molecule has 0 bridgehead atoms. The van der Waals surface area contributed by atoms with Crippen LogP contribution in [-0.2, 0) is 0 Å². The van der Waals surface area contributed by atoms with Gasteiger partial charge in [0.15, 0.2) is 0 Å². The maximum absolute atomic E-state index is 9.92. The molecule has 0 aromatic heterocycles. The maximum Gasteiger partial charge on any atom is 0.488 e. The van der Waals surface area contributed by atoms with Crippen LogP contribution in [0.5, 0.6) is 0 Å². The van der Waals surface area contributed by atoms with Crippen LogP contribution in [0, 0.1) is 0 Å². The Balaban J connectivity index is 1.85. The van der Waals surface area contributed by atoms with Gasteiger partial charge in [0.1, 0.15) is 118 Å². The molecule has 0 aliphatic rings. The Labute approximate surface area is 322 Å². The van der Waals surface area contributed by atoms with Gasteiger partial charge < -0.3 is 10.0 Å². The lowest BCUT2D eigenvalue weighted by molar-refractivity contribution is 0.426. The van der Waals surface area contributed by atoms with E-state index in [4.69, 9.17) is 0 Å². The Hall–Kier alpha value is -3.46. The second-order valence-electron chi connectivity index (χ2n) is 15.9. The van der Waals surface area contributed by atoms with Crippen molar-refractivity contribution in [1.29, 1.82) is 0 Å². The van der Waals surface area contributed by atoms with Gasteiger partial charge in [-0.15, -0.1) is 38.2 Å². The molecule has 0 heterocycles. The van der Waals surface area contributed by atoms with Gasteiger partial charge in [0.05, 0.1) is 0 Å². The van der Waals surface area contributed by atoms with E-state index in [-0.39, 0.29) is 0 Å². The van der Waals surface area contributed by atoms with E-state index in [0.717, 1.165) is 10.8 Å². The lowest BCUT2D eigenvalue weighted by atomic mass is 9.56. The molecule has 0 unspecified atom stereocenters. The zero-order valence-corrected chi connectivity index (χ0v) is 33.9. The zero-order chi connectivity index (χ0) is 38.0. The SMILES string of the molecule is Bc1c(B)c(B)c2c(-c3c4c(B)c(B)c(B)c(B)c4c(-c4ccc5cc(B(O)O)ccc5c4)c4c(B)c(B)c(B)c(B)c34)c(B)c(B)c(B)c2c1B. The first kappa shape index (κ1) is 36.9. The molecule has 0 amide bonds. The fraction of sp³-hybridized carbons (Fsp3) is 0. The van der Waals surface area contributed by atoms with E-state index in [2.05, 4.69) is 136 Å². The standard InChI is InChI=1S/C34H38B16O2/c35-20-13-11(9-2-1-8-6-10(50(51)52)4-3-7(8)5-9)14-16(24(39)32(47)30(45)21(14)36)12(15(13)23(38)31(46)29(20)44)17-18-19(26(41)28(43)22(17)37)27(42)34(49)33(48)25(18)40/h1-6,51-52H,35-49H2. The number of fused-ring (bicyclic) bond motifs is 4. The van der Waals surface area contributed by atoms with Crippen LogP contribution < -0.4 is 87.4 Å². The van der Waals surface area contributed by atoms with E-state index in [1.807, 2.05) is 18.2 Å². The predicted molar refractivity (Wildman–Crippen MR) is 280 cm³/mol. The van der Waals surface area contributed by atoms with Crippen molar-refractivity contribution in [3.05, 3.63) is 36.4 Å². The van der Waals surface area contributed by atoms with Gasteiger partial charge in [-0.05, 0) is 76.9 Å². The van der Waals surface area contributed by atoms with Gasteiger partial charge in [-0.3, -0.25) is 0 Å². The summed E-state index contributed by atoms with van der Waals surface area (Å²) in [6.45, 7) is 0. The molecule has 234 valence electrons. The molecule has 0 aliphatic heterocycles. The van der Waals surface area contributed by atoms with Crippen LogP contribution in [0.15, 0.2) is 36.4 Å². The minimum Gasteiger partial charge on any atom is -0.423 e. The van der Waals surface area contributed by atoms with Crippen molar-refractivity contribution in [2.75, 3.05) is 0 Å². The Kier molecular flexibility index (Phi) is 9.11. The first-order valence-electron chi connectivity index (χ1n) is 18.8. The normalized spacial score (nSPS) is 11.7. The van der Waals surface area contributed by atoms with Gasteiger partial charge in [-0.2, -0.15) is 0 Å². The van der Waals surface area contributed by atoms with Crippen LogP contribution in [0.1, 0.15) is 0 Å². The minimum absolute atomic E-state index is 0.502. The van der Waals surface area contributed by atoms with Crippen molar-refractivity contribution in [1.82, 2.24) is 0 Å². The lowest BCUT2D eigenvalue weighted by Gasteiger charge is -2.31. The second kappa shape index (κ2) is 12.8. The van der Waals surface area contributed by atoms with Gasteiger partial charge in [0, 0.05) is 0 Å². The van der Waals surface area contributed by atoms with Crippen molar-refractivity contribution < 1.29 is 10.0 Å². The Morgan fingerprint density at radius 1 is 0.308 bits per heavy atom. The van der Waals surface area contributed by atoms with Crippen molar-refractivity contribution in [2.24, 2.45) is 0 Å². The second-order valence-corrected chi connectivity index (χ2v) is 15.9. The molecule has 0 aliphatic carbocycles. The van der Waals surface area contributed by atoms with Gasteiger partial charge in [-0.25, -0.2) is 0 Å². The van der Waals surface area contributed by atoms with Gasteiger partial charge in [0.2, 0.25) is 0 Å². The van der Waals surface area contributed by atoms with Crippen LogP contribution in [0.25, 0.3) is 65.3 Å². The largest absolute Gasteiger partial charge is 0.488 e. The molecule has 52 heavy (non-hydrogen) atoms. The highest BCUT2D eigenvalue weighted by molar-refractivity contribution is 6.75. The average Bonchev–Trinajstić information content (AvgIpc) is 3.13. The summed E-state index contributed by atoms with van der Waals surface area (Å²) in [5.41, 5.74) is 26.1. The lowest BCUT2D eigenvalue weighted by Crippen LogP contribution is -2.53. The average molecular weight is 652 g/mol. The number of hydrogen-bond donors (Lipinski definition) is 2. The third-order valence-corrected chi connectivity index (χ3v) is 13.9. The Bertz CT molecular complexity index is 2690. The summed E-state index contributed by atoms with van der Waals surface area (Å²) < 4.78 is 0. The van der Waals surface area contributed by atoms with Crippen LogP contribution >= 0.6 is 0 Å².